The Balaban J connectivity index is 3.13. The zero-order valence-electron chi connectivity index (χ0n) is 11.6. The summed E-state index contributed by atoms with van der Waals surface area (Å²) in [6.07, 6.45) is -0.849. The van der Waals surface area contributed by atoms with Crippen LogP contribution in [0.25, 0.3) is 0 Å². The molecule has 0 amide bonds. The molecule has 0 aliphatic carbocycles. The van der Waals surface area contributed by atoms with Gasteiger partial charge in [0.25, 0.3) is 5.56 Å². The lowest BCUT2D eigenvalue weighted by molar-refractivity contribution is -0.149. The summed E-state index contributed by atoms with van der Waals surface area (Å²) in [5, 5.41) is 9.31. The van der Waals surface area contributed by atoms with Crippen LogP contribution in [0.1, 0.15) is 0 Å². The number of carbonyl (C=O) groups excluding carboxylic acids is 1. The second kappa shape index (κ2) is 6.20. The summed E-state index contributed by atoms with van der Waals surface area (Å²) in [5.41, 5.74) is -1.70. The molecule has 1 aromatic rings. The number of methoxy groups -OCH3 is 1. The summed E-state index contributed by atoms with van der Waals surface area (Å²) in [6, 6.07) is 0. The zero-order chi connectivity index (χ0) is 16.4. The van der Waals surface area contributed by atoms with Gasteiger partial charge >= 0.3 is 11.7 Å². The molecule has 1 aromatic heterocycles. The van der Waals surface area contributed by atoms with Crippen LogP contribution in [-0.2, 0) is 33.7 Å². The van der Waals surface area contributed by atoms with Crippen molar-refractivity contribution in [3.8, 4) is 0 Å². The van der Waals surface area contributed by atoms with E-state index in [1.54, 1.807) is 0 Å². The number of esters is 1. The highest BCUT2D eigenvalue weighted by Crippen LogP contribution is 2.00. The number of aryl methyl sites for hydroxylation is 1. The predicted octanol–water partition coefficient (Wildman–Crippen LogP) is -3.10. The Morgan fingerprint density at radius 1 is 1.43 bits per heavy atom. The maximum absolute atomic E-state index is 12.0. The number of aromatic nitrogens is 2. The third kappa shape index (κ3) is 3.56. The van der Waals surface area contributed by atoms with E-state index in [-0.39, 0.29) is 0 Å². The number of hydrogen-bond donors (Lipinski definition) is 2. The van der Waals surface area contributed by atoms with Crippen molar-refractivity contribution in [2.45, 2.75) is 11.0 Å². The van der Waals surface area contributed by atoms with Crippen LogP contribution in [0.15, 0.2) is 20.7 Å². The minimum atomic E-state index is -4.30. The summed E-state index contributed by atoms with van der Waals surface area (Å²) in [4.78, 5) is 33.6. The highest BCUT2D eigenvalue weighted by molar-refractivity contribution is 7.89. The van der Waals surface area contributed by atoms with Crippen LogP contribution < -0.4 is 16.0 Å². The summed E-state index contributed by atoms with van der Waals surface area (Å²) in [6.45, 7) is -0.666. The van der Waals surface area contributed by atoms with Crippen LogP contribution >= 0.6 is 0 Å². The molecule has 10 nitrogen and oxygen atoms in total. The highest BCUT2D eigenvalue weighted by atomic mass is 32.2. The minimum absolute atomic E-state index is 0.630. The molecule has 0 aromatic carbocycles. The normalized spacial score (nSPS) is 13.0. The third-order valence-electron chi connectivity index (χ3n) is 2.64. The third-order valence-corrected chi connectivity index (χ3v) is 4.05. The Kier molecular flexibility index (Phi) is 5.04. The van der Waals surface area contributed by atoms with Gasteiger partial charge in [0.05, 0.1) is 7.11 Å². The molecule has 1 atom stereocenters. The largest absolute Gasteiger partial charge is 0.467 e. The van der Waals surface area contributed by atoms with Crippen molar-refractivity contribution in [3.63, 3.8) is 0 Å². The molecule has 1 rings (SSSR count). The average Bonchev–Trinajstić information content (AvgIpc) is 2.45. The number of nitrogens with zero attached hydrogens (tertiary/aromatic N) is 2. The highest BCUT2D eigenvalue weighted by Gasteiger charge is 2.24. The van der Waals surface area contributed by atoms with Crippen LogP contribution in [0, 0.1) is 0 Å². The maximum atomic E-state index is 12.0. The smallest absolute Gasteiger partial charge is 0.336 e. The van der Waals surface area contributed by atoms with Gasteiger partial charge in [0.2, 0.25) is 10.0 Å². The maximum Gasteiger partial charge on any atom is 0.336 e. The summed E-state index contributed by atoms with van der Waals surface area (Å²) in [5.74, 6) is -1.02. The SMILES string of the molecule is COC(=O)C(O)CNS(=O)(=O)c1cn(C)c(=O)n(C)c1=O. The lowest BCUT2D eigenvalue weighted by Crippen LogP contribution is -2.43. The van der Waals surface area contributed by atoms with Crippen molar-refractivity contribution in [2.24, 2.45) is 14.1 Å². The Hall–Kier alpha value is -1.98. The number of hydrogen-bond acceptors (Lipinski definition) is 7. The molecule has 0 saturated carbocycles. The molecule has 2 N–H and O–H groups in total. The lowest BCUT2D eigenvalue weighted by atomic mass is 10.4. The number of ether oxygens (including phenoxy) is 1. The average molecular weight is 321 g/mol. The van der Waals surface area contributed by atoms with Crippen molar-refractivity contribution in [2.75, 3.05) is 13.7 Å². The molecule has 118 valence electrons. The van der Waals surface area contributed by atoms with E-state index in [0.29, 0.717) is 4.57 Å². The molecule has 0 bridgehead atoms. The molecule has 0 aliphatic rings. The van der Waals surface area contributed by atoms with E-state index in [9.17, 15) is 27.9 Å². The molecule has 11 heteroatoms. The van der Waals surface area contributed by atoms with Gasteiger partial charge in [0, 0.05) is 26.8 Å². The molecule has 1 unspecified atom stereocenters. The van der Waals surface area contributed by atoms with Gasteiger partial charge in [0.1, 0.15) is 0 Å². The van der Waals surface area contributed by atoms with E-state index in [0.717, 1.165) is 24.9 Å². The number of aliphatic hydroxyl groups is 1. The quantitative estimate of drug-likeness (QED) is 0.548. The first kappa shape index (κ1) is 17.1. The first-order valence-electron chi connectivity index (χ1n) is 5.64. The van der Waals surface area contributed by atoms with Crippen LogP contribution in [-0.4, -0.2) is 48.4 Å². The van der Waals surface area contributed by atoms with Crippen molar-refractivity contribution < 1.29 is 23.1 Å². The number of nitrogens with one attached hydrogen (secondary N) is 1. The number of sulfonamides is 1. The van der Waals surface area contributed by atoms with Crippen molar-refractivity contribution >= 4 is 16.0 Å². The Morgan fingerprint density at radius 3 is 2.52 bits per heavy atom. The molecular weight excluding hydrogens is 306 g/mol. The van der Waals surface area contributed by atoms with Gasteiger partial charge in [-0.15, -0.1) is 0 Å². The van der Waals surface area contributed by atoms with Gasteiger partial charge in [-0.2, -0.15) is 0 Å². The van der Waals surface area contributed by atoms with Crippen LogP contribution in [0.4, 0.5) is 0 Å². The standard InChI is InChI=1S/C10H15N3O7S/c1-12-5-7(8(15)13(2)10(12)17)21(18,19)11-4-6(14)9(16)20-3/h5-6,11,14H,4H2,1-3H3. The Morgan fingerprint density at radius 2 is 2.00 bits per heavy atom. The fraction of sp³-hybridized carbons (Fsp3) is 0.500. The monoisotopic (exact) mass is 321 g/mol. The molecule has 1 heterocycles. The summed E-state index contributed by atoms with van der Waals surface area (Å²) in [7, 11) is -0.856. The zero-order valence-corrected chi connectivity index (χ0v) is 12.4. The lowest BCUT2D eigenvalue weighted by Gasteiger charge is -2.11. The Labute approximate surface area is 119 Å². The molecule has 0 aliphatic heterocycles. The second-order valence-electron chi connectivity index (χ2n) is 4.14. The van der Waals surface area contributed by atoms with Gasteiger partial charge in [-0.1, -0.05) is 0 Å². The van der Waals surface area contributed by atoms with E-state index < -0.39 is 44.8 Å². The summed E-state index contributed by atoms with van der Waals surface area (Å²) >= 11 is 0. The van der Waals surface area contributed by atoms with Crippen molar-refractivity contribution in [3.05, 3.63) is 27.0 Å². The number of rotatable bonds is 5. The van der Waals surface area contributed by atoms with Gasteiger partial charge in [0.15, 0.2) is 11.0 Å². The van der Waals surface area contributed by atoms with E-state index in [2.05, 4.69) is 4.74 Å². The topological polar surface area (TPSA) is 137 Å². The molecule has 0 fully saturated rings. The van der Waals surface area contributed by atoms with E-state index in [4.69, 9.17) is 0 Å². The van der Waals surface area contributed by atoms with Crippen LogP contribution in [0.5, 0.6) is 0 Å². The Bertz CT molecular complexity index is 762. The number of aliphatic hydroxyl groups excluding tert-OH is 1. The molecule has 0 spiro atoms. The van der Waals surface area contributed by atoms with E-state index >= 15 is 0 Å². The first-order valence-corrected chi connectivity index (χ1v) is 7.12. The fourth-order valence-electron chi connectivity index (χ4n) is 1.45. The summed E-state index contributed by atoms with van der Waals surface area (Å²) < 4.78 is 31.6. The molecule has 21 heavy (non-hydrogen) atoms. The molecule has 0 saturated heterocycles. The van der Waals surface area contributed by atoms with Gasteiger partial charge in [-0.05, 0) is 0 Å². The molecular formula is C10H15N3O7S. The van der Waals surface area contributed by atoms with Crippen molar-refractivity contribution in [1.29, 1.82) is 0 Å². The van der Waals surface area contributed by atoms with Crippen LogP contribution in [0.3, 0.4) is 0 Å². The van der Waals surface area contributed by atoms with Gasteiger partial charge in [-0.25, -0.2) is 22.7 Å². The van der Waals surface area contributed by atoms with E-state index in [1.807, 2.05) is 4.72 Å². The second-order valence-corrected chi connectivity index (χ2v) is 5.88. The fourth-order valence-corrected chi connectivity index (χ4v) is 2.64. The van der Waals surface area contributed by atoms with Crippen molar-refractivity contribution in [1.82, 2.24) is 13.9 Å². The van der Waals surface area contributed by atoms with Gasteiger partial charge in [-0.3, -0.25) is 9.36 Å². The van der Waals surface area contributed by atoms with E-state index in [1.165, 1.54) is 7.05 Å². The first-order chi connectivity index (χ1) is 9.61. The minimum Gasteiger partial charge on any atom is -0.467 e. The predicted molar refractivity (Wildman–Crippen MR) is 70.1 cm³/mol. The number of carbonyl (C=O) groups is 1. The van der Waals surface area contributed by atoms with Crippen LogP contribution in [0.2, 0.25) is 0 Å². The van der Waals surface area contributed by atoms with Gasteiger partial charge < -0.3 is 14.4 Å². The molecule has 0 radical (unpaired) electrons.